The maximum Gasteiger partial charge on any atom is 0.341 e. The predicted octanol–water partition coefficient (Wildman–Crippen LogP) is 2.19. The Bertz CT molecular complexity index is 584. The van der Waals surface area contributed by atoms with Gasteiger partial charge in [-0.15, -0.1) is 0 Å². The number of esters is 1. The number of benzene rings is 1. The van der Waals surface area contributed by atoms with E-state index in [1.165, 1.54) is 12.1 Å². The van der Waals surface area contributed by atoms with Gasteiger partial charge in [0.15, 0.2) is 0 Å². The van der Waals surface area contributed by atoms with Gasteiger partial charge < -0.3 is 9.47 Å². The molecule has 1 atom stereocenters. The highest BCUT2D eigenvalue weighted by Crippen LogP contribution is 2.18. The van der Waals surface area contributed by atoms with Gasteiger partial charge >= 0.3 is 11.7 Å². The van der Waals surface area contributed by atoms with Crippen LogP contribution >= 0.6 is 0 Å². The molecule has 0 saturated heterocycles. The van der Waals surface area contributed by atoms with Crippen LogP contribution in [0.25, 0.3) is 0 Å². The van der Waals surface area contributed by atoms with Crippen LogP contribution in [0.1, 0.15) is 19.4 Å². The molecule has 0 fully saturated rings. The highest BCUT2D eigenvalue weighted by atomic mass is 32.2. The molecule has 5 nitrogen and oxygen atoms in total. The summed E-state index contributed by atoms with van der Waals surface area (Å²) in [4.78, 5) is 11.2. The van der Waals surface area contributed by atoms with E-state index in [9.17, 15) is 22.0 Å². The zero-order valence-corrected chi connectivity index (χ0v) is 13.1. The van der Waals surface area contributed by atoms with Crippen molar-refractivity contribution in [2.75, 3.05) is 13.2 Å². The predicted molar refractivity (Wildman–Crippen MR) is 75.4 cm³/mol. The topological polar surface area (TPSA) is 69.7 Å². The first-order valence-corrected chi connectivity index (χ1v) is 8.20. The largest absolute Gasteiger partial charge is 0.460 e. The van der Waals surface area contributed by atoms with Crippen LogP contribution in [0.3, 0.4) is 0 Å². The van der Waals surface area contributed by atoms with Crippen molar-refractivity contribution >= 4 is 15.8 Å². The van der Waals surface area contributed by atoms with Gasteiger partial charge in [-0.3, -0.25) is 4.79 Å². The first kappa shape index (κ1) is 18.5. The van der Waals surface area contributed by atoms with E-state index in [0.29, 0.717) is 12.2 Å². The zero-order valence-electron chi connectivity index (χ0n) is 12.3. The molecule has 1 aromatic rings. The average molecular weight is 336 g/mol. The second-order valence-corrected chi connectivity index (χ2v) is 6.50. The zero-order chi connectivity index (χ0) is 16.8. The van der Waals surface area contributed by atoms with Gasteiger partial charge in [-0.05, 0) is 31.5 Å². The fourth-order valence-electron chi connectivity index (χ4n) is 1.65. The summed E-state index contributed by atoms with van der Waals surface area (Å²) in [6, 6.07) is 4.72. The first-order valence-electron chi connectivity index (χ1n) is 6.65. The Balaban J connectivity index is 2.63. The van der Waals surface area contributed by atoms with Gasteiger partial charge in [0.05, 0.1) is 17.9 Å². The van der Waals surface area contributed by atoms with Crippen LogP contribution in [-0.4, -0.2) is 39.5 Å². The molecule has 0 heterocycles. The molecule has 124 valence electrons. The molecule has 0 saturated carbocycles. The summed E-state index contributed by atoms with van der Waals surface area (Å²) in [5.41, 5.74) is 0.474. The lowest BCUT2D eigenvalue weighted by Crippen LogP contribution is -2.21. The van der Waals surface area contributed by atoms with Crippen LogP contribution in [0.15, 0.2) is 29.2 Å². The van der Waals surface area contributed by atoms with Crippen molar-refractivity contribution < 1.29 is 31.5 Å². The number of sulfone groups is 1. The van der Waals surface area contributed by atoms with Gasteiger partial charge in [-0.2, -0.15) is 8.78 Å². The number of hydrogen-bond donors (Lipinski definition) is 0. The summed E-state index contributed by atoms with van der Waals surface area (Å²) in [6.45, 7) is 4.31. The minimum absolute atomic E-state index is 0.0779. The summed E-state index contributed by atoms with van der Waals surface area (Å²) in [5.74, 6) is -3.97. The van der Waals surface area contributed by atoms with Gasteiger partial charge in [0, 0.05) is 6.61 Å². The molecule has 8 heteroatoms. The van der Waals surface area contributed by atoms with Gasteiger partial charge in [0.1, 0.15) is 6.10 Å². The SMILES string of the molecule is CCOCC(C)OC(=O)Cc1ccc(S(=O)(=O)C(F)F)cc1. The molecule has 0 radical (unpaired) electrons. The third-order valence-electron chi connectivity index (χ3n) is 2.72. The van der Waals surface area contributed by atoms with E-state index in [1.807, 2.05) is 6.92 Å². The van der Waals surface area contributed by atoms with Crippen molar-refractivity contribution in [3.63, 3.8) is 0 Å². The van der Waals surface area contributed by atoms with Crippen molar-refractivity contribution in [3.05, 3.63) is 29.8 Å². The molecule has 0 amide bonds. The van der Waals surface area contributed by atoms with Gasteiger partial charge in [-0.25, -0.2) is 8.42 Å². The van der Waals surface area contributed by atoms with E-state index < -0.39 is 32.6 Å². The lowest BCUT2D eigenvalue weighted by Gasteiger charge is -2.13. The number of ether oxygens (including phenoxy) is 2. The molecular weight excluding hydrogens is 318 g/mol. The maximum absolute atomic E-state index is 12.4. The number of rotatable bonds is 8. The molecule has 0 spiro atoms. The molecule has 0 aliphatic carbocycles. The molecule has 0 aromatic heterocycles. The maximum atomic E-state index is 12.4. The van der Waals surface area contributed by atoms with E-state index in [2.05, 4.69) is 0 Å². The Morgan fingerprint density at radius 1 is 1.23 bits per heavy atom. The van der Waals surface area contributed by atoms with Crippen LogP contribution in [-0.2, 0) is 30.5 Å². The molecule has 1 aromatic carbocycles. The Hall–Kier alpha value is -1.54. The molecule has 1 rings (SSSR count). The molecule has 1 unspecified atom stereocenters. The minimum atomic E-state index is -4.62. The van der Waals surface area contributed by atoms with Gasteiger partial charge in [0.25, 0.3) is 0 Å². The molecule has 0 N–H and O–H groups in total. The Morgan fingerprint density at radius 2 is 1.82 bits per heavy atom. The van der Waals surface area contributed by atoms with Crippen LogP contribution in [0.4, 0.5) is 8.78 Å². The van der Waals surface area contributed by atoms with Crippen molar-refractivity contribution in [3.8, 4) is 0 Å². The van der Waals surface area contributed by atoms with Crippen LogP contribution in [0, 0.1) is 0 Å². The second kappa shape index (κ2) is 8.19. The standard InChI is InChI=1S/C14H18F2O5S/c1-3-20-9-10(2)21-13(17)8-11-4-6-12(7-5-11)22(18,19)14(15)16/h4-7,10,14H,3,8-9H2,1-2H3. The molecule has 22 heavy (non-hydrogen) atoms. The smallest absolute Gasteiger partial charge is 0.341 e. The van der Waals surface area contributed by atoms with E-state index in [0.717, 1.165) is 12.1 Å². The summed E-state index contributed by atoms with van der Waals surface area (Å²) < 4.78 is 57.5. The van der Waals surface area contributed by atoms with Gasteiger partial charge in [0.2, 0.25) is 9.84 Å². The highest BCUT2D eigenvalue weighted by molar-refractivity contribution is 7.91. The van der Waals surface area contributed by atoms with Gasteiger partial charge in [-0.1, -0.05) is 12.1 Å². The number of alkyl halides is 2. The summed E-state index contributed by atoms with van der Waals surface area (Å²) in [5, 5.41) is 0. The van der Waals surface area contributed by atoms with Crippen molar-refractivity contribution in [2.45, 2.75) is 37.0 Å². The third kappa shape index (κ3) is 5.34. The third-order valence-corrected chi connectivity index (χ3v) is 4.12. The van der Waals surface area contributed by atoms with E-state index in [4.69, 9.17) is 9.47 Å². The molecule has 0 aliphatic rings. The first-order chi connectivity index (χ1) is 10.3. The van der Waals surface area contributed by atoms with Crippen LogP contribution in [0.2, 0.25) is 0 Å². The quantitative estimate of drug-likeness (QED) is 0.681. The van der Waals surface area contributed by atoms with Crippen LogP contribution in [0.5, 0.6) is 0 Å². The van der Waals surface area contributed by atoms with E-state index in [1.54, 1.807) is 6.92 Å². The lowest BCUT2D eigenvalue weighted by atomic mass is 10.1. The summed E-state index contributed by atoms with van der Waals surface area (Å²) in [6.07, 6.45) is -0.475. The number of halogens is 2. The molecule has 0 aliphatic heterocycles. The Kier molecular flexibility index (Phi) is 6.89. The van der Waals surface area contributed by atoms with E-state index in [-0.39, 0.29) is 13.0 Å². The normalized spacial score (nSPS) is 13.1. The number of hydrogen-bond acceptors (Lipinski definition) is 5. The molecular formula is C14H18F2O5S. The second-order valence-electron chi connectivity index (χ2n) is 4.59. The fourth-order valence-corrected chi connectivity index (χ4v) is 2.37. The fraction of sp³-hybridized carbons (Fsp3) is 0.500. The summed E-state index contributed by atoms with van der Waals surface area (Å²) in [7, 11) is -4.62. The minimum Gasteiger partial charge on any atom is -0.460 e. The van der Waals surface area contributed by atoms with Crippen molar-refractivity contribution in [1.29, 1.82) is 0 Å². The monoisotopic (exact) mass is 336 g/mol. The number of carbonyl (C=O) groups excluding carboxylic acids is 1. The van der Waals surface area contributed by atoms with Crippen molar-refractivity contribution in [1.82, 2.24) is 0 Å². The molecule has 0 bridgehead atoms. The average Bonchev–Trinajstić information content (AvgIpc) is 2.45. The Morgan fingerprint density at radius 3 is 2.32 bits per heavy atom. The Labute approximate surface area is 128 Å². The summed E-state index contributed by atoms with van der Waals surface area (Å²) >= 11 is 0. The van der Waals surface area contributed by atoms with Crippen LogP contribution < -0.4 is 0 Å². The number of carbonyl (C=O) groups is 1. The lowest BCUT2D eigenvalue weighted by molar-refractivity contribution is -0.150. The highest BCUT2D eigenvalue weighted by Gasteiger charge is 2.26. The van der Waals surface area contributed by atoms with E-state index >= 15 is 0 Å². The van der Waals surface area contributed by atoms with Crippen molar-refractivity contribution in [2.24, 2.45) is 0 Å².